The molecule has 1 aliphatic rings. The van der Waals surface area contributed by atoms with Gasteiger partial charge in [-0.3, -0.25) is 9.59 Å². The fourth-order valence-electron chi connectivity index (χ4n) is 3.57. The minimum atomic E-state index is -0.874. The van der Waals surface area contributed by atoms with E-state index in [0.29, 0.717) is 18.0 Å². The summed E-state index contributed by atoms with van der Waals surface area (Å²) in [7, 11) is 3.12. The number of likely N-dealkylation sites (tertiary alicyclic amines) is 1. The number of carbonyl (C=O) groups excluding carboxylic acids is 1. The monoisotopic (exact) mass is 369 g/mol. The van der Waals surface area contributed by atoms with Crippen LogP contribution in [0.25, 0.3) is 0 Å². The van der Waals surface area contributed by atoms with E-state index in [-0.39, 0.29) is 24.8 Å². The van der Waals surface area contributed by atoms with E-state index in [0.717, 1.165) is 11.1 Å². The van der Waals surface area contributed by atoms with Gasteiger partial charge in [-0.05, 0) is 11.6 Å². The molecule has 1 N–H and O–H groups in total. The lowest BCUT2D eigenvalue weighted by Crippen LogP contribution is -2.31. The van der Waals surface area contributed by atoms with Crippen molar-refractivity contribution in [3.05, 3.63) is 59.7 Å². The van der Waals surface area contributed by atoms with Gasteiger partial charge in [0, 0.05) is 30.6 Å². The van der Waals surface area contributed by atoms with E-state index < -0.39 is 11.9 Å². The maximum atomic E-state index is 12.8. The van der Waals surface area contributed by atoms with Gasteiger partial charge in [-0.1, -0.05) is 36.4 Å². The molecule has 6 nitrogen and oxygen atoms in total. The summed E-state index contributed by atoms with van der Waals surface area (Å²) < 4.78 is 10.5. The summed E-state index contributed by atoms with van der Waals surface area (Å²) in [6.07, 6.45) is 0.154. The quantitative estimate of drug-likeness (QED) is 0.847. The summed E-state index contributed by atoms with van der Waals surface area (Å²) in [4.78, 5) is 26.2. The first kappa shape index (κ1) is 18.8. The van der Waals surface area contributed by atoms with Crippen LogP contribution in [0.2, 0.25) is 0 Å². The van der Waals surface area contributed by atoms with Gasteiger partial charge in [-0.2, -0.15) is 0 Å². The number of methoxy groups -OCH3 is 2. The lowest BCUT2D eigenvalue weighted by atomic mass is 9.89. The van der Waals surface area contributed by atoms with Gasteiger partial charge in [0.05, 0.1) is 26.6 Å². The SMILES string of the molecule is COc1ccc(CC(=O)N2C[C@H](C(=O)O)[C@@H](c3ccccc3)C2)c(OC)c1. The molecule has 2 aromatic carbocycles. The van der Waals surface area contributed by atoms with E-state index >= 15 is 0 Å². The number of ether oxygens (including phenoxy) is 2. The molecule has 0 spiro atoms. The maximum absolute atomic E-state index is 12.8. The molecule has 3 rings (SSSR count). The van der Waals surface area contributed by atoms with E-state index in [1.165, 1.54) is 0 Å². The third kappa shape index (κ3) is 4.05. The van der Waals surface area contributed by atoms with Crippen molar-refractivity contribution in [3.63, 3.8) is 0 Å². The molecule has 0 aliphatic carbocycles. The van der Waals surface area contributed by atoms with Crippen molar-refractivity contribution in [1.29, 1.82) is 0 Å². The average molecular weight is 369 g/mol. The van der Waals surface area contributed by atoms with Gasteiger partial charge >= 0.3 is 5.97 Å². The van der Waals surface area contributed by atoms with E-state index in [2.05, 4.69) is 0 Å². The summed E-state index contributed by atoms with van der Waals surface area (Å²) >= 11 is 0. The van der Waals surface area contributed by atoms with Crippen molar-refractivity contribution in [2.45, 2.75) is 12.3 Å². The number of hydrogen-bond donors (Lipinski definition) is 1. The Hall–Kier alpha value is -3.02. The van der Waals surface area contributed by atoms with Gasteiger partial charge in [0.2, 0.25) is 5.91 Å². The molecule has 0 saturated carbocycles. The molecule has 6 heteroatoms. The first-order valence-electron chi connectivity index (χ1n) is 8.80. The molecule has 0 bridgehead atoms. The number of hydrogen-bond acceptors (Lipinski definition) is 4. The second-order valence-electron chi connectivity index (χ2n) is 6.62. The number of carbonyl (C=O) groups is 2. The van der Waals surface area contributed by atoms with E-state index in [1.807, 2.05) is 30.3 Å². The first-order valence-corrected chi connectivity index (χ1v) is 8.80. The molecule has 142 valence electrons. The molecule has 27 heavy (non-hydrogen) atoms. The molecule has 1 saturated heterocycles. The van der Waals surface area contributed by atoms with Crippen LogP contribution >= 0.6 is 0 Å². The Morgan fingerprint density at radius 1 is 1.07 bits per heavy atom. The molecule has 1 fully saturated rings. The molecule has 1 amide bonds. The Kier molecular flexibility index (Phi) is 5.64. The number of amides is 1. The molecule has 1 heterocycles. The number of rotatable bonds is 6. The van der Waals surface area contributed by atoms with E-state index in [9.17, 15) is 14.7 Å². The fraction of sp³-hybridized carbons (Fsp3) is 0.333. The van der Waals surface area contributed by atoms with Crippen LogP contribution in [0.3, 0.4) is 0 Å². The van der Waals surface area contributed by atoms with Gasteiger partial charge in [0.1, 0.15) is 11.5 Å². The number of benzene rings is 2. The molecular weight excluding hydrogens is 346 g/mol. The standard InChI is InChI=1S/C21H23NO5/c1-26-16-9-8-15(19(11-16)27-2)10-20(23)22-12-17(18(13-22)21(24)25)14-6-4-3-5-7-14/h3-9,11,17-18H,10,12-13H2,1-2H3,(H,24,25)/t17-,18+/m1/s1. The summed E-state index contributed by atoms with van der Waals surface area (Å²) in [5, 5.41) is 9.60. The fourth-order valence-corrected chi connectivity index (χ4v) is 3.57. The predicted molar refractivity (Wildman–Crippen MR) is 100 cm³/mol. The minimum absolute atomic E-state index is 0.108. The summed E-state index contributed by atoms with van der Waals surface area (Å²) in [5.74, 6) is -0.556. The highest BCUT2D eigenvalue weighted by atomic mass is 16.5. The van der Waals surface area contributed by atoms with Crippen molar-refractivity contribution in [1.82, 2.24) is 4.90 Å². The van der Waals surface area contributed by atoms with Crippen LogP contribution in [0, 0.1) is 5.92 Å². The predicted octanol–water partition coefficient (Wildman–Crippen LogP) is 2.57. The van der Waals surface area contributed by atoms with Crippen LogP contribution < -0.4 is 9.47 Å². The Morgan fingerprint density at radius 3 is 2.44 bits per heavy atom. The highest BCUT2D eigenvalue weighted by Gasteiger charge is 2.40. The molecule has 0 aromatic heterocycles. The minimum Gasteiger partial charge on any atom is -0.497 e. The number of aliphatic carboxylic acids is 1. The van der Waals surface area contributed by atoms with Gasteiger partial charge in [-0.15, -0.1) is 0 Å². The van der Waals surface area contributed by atoms with Crippen LogP contribution in [0.15, 0.2) is 48.5 Å². The van der Waals surface area contributed by atoms with Crippen molar-refractivity contribution in [2.75, 3.05) is 27.3 Å². The summed E-state index contributed by atoms with van der Waals surface area (Å²) in [6.45, 7) is 0.616. The molecule has 1 aliphatic heterocycles. The molecule has 0 radical (unpaired) electrons. The smallest absolute Gasteiger partial charge is 0.308 e. The van der Waals surface area contributed by atoms with Crippen LogP contribution in [0.4, 0.5) is 0 Å². The molecular formula is C21H23NO5. The second kappa shape index (κ2) is 8.12. The topological polar surface area (TPSA) is 76.1 Å². The van der Waals surface area contributed by atoms with Gasteiger partial charge in [-0.25, -0.2) is 0 Å². The van der Waals surface area contributed by atoms with E-state index in [1.54, 1.807) is 37.3 Å². The van der Waals surface area contributed by atoms with Crippen molar-refractivity contribution in [3.8, 4) is 11.5 Å². The number of carboxylic acids is 1. The highest BCUT2D eigenvalue weighted by molar-refractivity contribution is 5.82. The molecule has 0 unspecified atom stereocenters. The average Bonchev–Trinajstić information content (AvgIpc) is 3.15. The van der Waals surface area contributed by atoms with Crippen molar-refractivity contribution >= 4 is 11.9 Å². The van der Waals surface area contributed by atoms with E-state index in [4.69, 9.17) is 9.47 Å². The second-order valence-corrected chi connectivity index (χ2v) is 6.62. The normalized spacial score (nSPS) is 19.0. The lowest BCUT2D eigenvalue weighted by Gasteiger charge is -2.18. The Labute approximate surface area is 158 Å². The largest absolute Gasteiger partial charge is 0.497 e. The van der Waals surface area contributed by atoms with Crippen LogP contribution in [0.5, 0.6) is 11.5 Å². The Balaban J connectivity index is 1.77. The van der Waals surface area contributed by atoms with Crippen LogP contribution in [-0.4, -0.2) is 49.2 Å². The molecule has 2 aromatic rings. The van der Waals surface area contributed by atoms with Gasteiger partial charge in [0.25, 0.3) is 0 Å². The zero-order chi connectivity index (χ0) is 19.4. The lowest BCUT2D eigenvalue weighted by molar-refractivity contribution is -0.141. The van der Waals surface area contributed by atoms with Gasteiger partial charge in [0.15, 0.2) is 0 Å². The zero-order valence-electron chi connectivity index (χ0n) is 15.4. The zero-order valence-corrected chi connectivity index (χ0v) is 15.4. The first-order chi connectivity index (χ1) is 13.0. The Morgan fingerprint density at radius 2 is 1.81 bits per heavy atom. The Bertz CT molecular complexity index is 821. The third-order valence-corrected chi connectivity index (χ3v) is 5.05. The number of nitrogens with zero attached hydrogens (tertiary/aromatic N) is 1. The maximum Gasteiger partial charge on any atom is 0.308 e. The van der Waals surface area contributed by atoms with Gasteiger partial charge < -0.3 is 19.5 Å². The summed E-state index contributed by atoms with van der Waals surface area (Å²) in [5.41, 5.74) is 1.69. The summed E-state index contributed by atoms with van der Waals surface area (Å²) in [6, 6.07) is 14.8. The third-order valence-electron chi connectivity index (χ3n) is 5.05. The van der Waals surface area contributed by atoms with Crippen LogP contribution in [-0.2, 0) is 16.0 Å². The highest BCUT2D eigenvalue weighted by Crippen LogP contribution is 2.34. The van der Waals surface area contributed by atoms with Crippen LogP contribution in [0.1, 0.15) is 17.0 Å². The molecule has 2 atom stereocenters. The number of carboxylic acid groups (broad SMARTS) is 1. The van der Waals surface area contributed by atoms with Crippen molar-refractivity contribution in [2.24, 2.45) is 5.92 Å². The van der Waals surface area contributed by atoms with Crippen molar-refractivity contribution < 1.29 is 24.2 Å².